The fraction of sp³-hybridized carbons (Fsp3) is 0.438. The van der Waals surface area contributed by atoms with Crippen LogP contribution in [-0.2, 0) is 16.2 Å². The molecule has 0 aromatic heterocycles. The lowest BCUT2D eigenvalue weighted by molar-refractivity contribution is -0.167. The van der Waals surface area contributed by atoms with Crippen molar-refractivity contribution >= 4 is 6.09 Å². The first-order valence-electron chi connectivity index (χ1n) is 6.83. The van der Waals surface area contributed by atoms with Crippen LogP contribution < -0.4 is 0 Å². The Hall–Kier alpha value is -2.01. The minimum Gasteiger partial charge on any atom is -0.516 e. The molecule has 1 amide bonds. The fourth-order valence-corrected chi connectivity index (χ4v) is 1.56. The van der Waals surface area contributed by atoms with Crippen LogP contribution in [0.3, 0.4) is 0 Å². The number of aliphatic hydroxyl groups is 1. The van der Waals surface area contributed by atoms with E-state index in [1.165, 1.54) is 6.08 Å². The number of rotatable bonds is 5. The molecule has 0 heterocycles. The molecule has 0 aliphatic rings. The van der Waals surface area contributed by atoms with Crippen molar-refractivity contribution in [1.29, 1.82) is 0 Å². The van der Waals surface area contributed by atoms with Crippen molar-refractivity contribution in [2.75, 3.05) is 0 Å². The number of nitrogens with zero attached hydrogens (tertiary/aromatic N) is 1. The Bertz CT molecular complexity index is 465. The molecule has 1 aromatic carbocycles. The average Bonchev–Trinajstić information content (AvgIpc) is 2.38. The standard InChI is InChI=1S/C16H23NO4/c1-13(10-11-18)17(15(19)21-16(2,3)4)20-12-14-8-6-5-7-9-14/h5-11,13,18H,12H2,1-4H3/t13-/m1/s1. The summed E-state index contributed by atoms with van der Waals surface area (Å²) in [7, 11) is 0. The van der Waals surface area contributed by atoms with E-state index in [1.807, 2.05) is 30.3 Å². The van der Waals surface area contributed by atoms with Crippen molar-refractivity contribution in [3.8, 4) is 0 Å². The van der Waals surface area contributed by atoms with Crippen molar-refractivity contribution in [2.45, 2.75) is 45.9 Å². The highest BCUT2D eigenvalue weighted by molar-refractivity contribution is 5.67. The summed E-state index contributed by atoms with van der Waals surface area (Å²) >= 11 is 0. The van der Waals surface area contributed by atoms with Gasteiger partial charge in [-0.25, -0.2) is 4.79 Å². The van der Waals surface area contributed by atoms with Gasteiger partial charge >= 0.3 is 6.09 Å². The first-order valence-corrected chi connectivity index (χ1v) is 6.83. The fourth-order valence-electron chi connectivity index (χ4n) is 1.56. The van der Waals surface area contributed by atoms with E-state index in [2.05, 4.69) is 0 Å². The van der Waals surface area contributed by atoms with Crippen molar-refractivity contribution in [3.05, 3.63) is 48.2 Å². The lowest BCUT2D eigenvalue weighted by atomic mass is 10.2. The van der Waals surface area contributed by atoms with Gasteiger partial charge < -0.3 is 9.84 Å². The minimum absolute atomic E-state index is 0.240. The molecule has 0 radical (unpaired) electrons. The largest absolute Gasteiger partial charge is 0.516 e. The molecule has 5 heteroatoms. The number of amides is 1. The van der Waals surface area contributed by atoms with Gasteiger partial charge in [-0.3, -0.25) is 4.84 Å². The number of carbonyl (C=O) groups is 1. The molecule has 1 atom stereocenters. The van der Waals surface area contributed by atoms with Crippen LogP contribution in [-0.4, -0.2) is 27.9 Å². The van der Waals surface area contributed by atoms with Gasteiger partial charge in [-0.2, -0.15) is 5.06 Å². The van der Waals surface area contributed by atoms with Gasteiger partial charge in [0.2, 0.25) is 0 Å². The highest BCUT2D eigenvalue weighted by Crippen LogP contribution is 2.14. The monoisotopic (exact) mass is 293 g/mol. The highest BCUT2D eigenvalue weighted by atomic mass is 16.7. The van der Waals surface area contributed by atoms with Gasteiger partial charge in [0.25, 0.3) is 0 Å². The van der Waals surface area contributed by atoms with Crippen LogP contribution in [0.5, 0.6) is 0 Å². The molecular formula is C16H23NO4. The summed E-state index contributed by atoms with van der Waals surface area (Å²) in [5.41, 5.74) is 0.319. The zero-order valence-electron chi connectivity index (χ0n) is 12.9. The Balaban J connectivity index is 2.75. The molecular weight excluding hydrogens is 270 g/mol. The van der Waals surface area contributed by atoms with E-state index in [4.69, 9.17) is 14.7 Å². The third kappa shape index (κ3) is 6.31. The average molecular weight is 293 g/mol. The summed E-state index contributed by atoms with van der Waals surface area (Å²) < 4.78 is 5.30. The van der Waals surface area contributed by atoms with Crippen LogP contribution in [0.1, 0.15) is 33.3 Å². The normalized spacial score (nSPS) is 13.1. The number of benzene rings is 1. The molecule has 5 nitrogen and oxygen atoms in total. The highest BCUT2D eigenvalue weighted by Gasteiger charge is 2.26. The summed E-state index contributed by atoms with van der Waals surface area (Å²) in [6, 6.07) is 9.06. The maximum Gasteiger partial charge on any atom is 0.435 e. The Labute approximate surface area is 125 Å². The molecule has 0 saturated heterocycles. The van der Waals surface area contributed by atoms with E-state index in [-0.39, 0.29) is 6.61 Å². The number of aliphatic hydroxyl groups excluding tert-OH is 1. The van der Waals surface area contributed by atoms with Crippen LogP contribution in [0.4, 0.5) is 4.79 Å². The van der Waals surface area contributed by atoms with E-state index < -0.39 is 17.7 Å². The van der Waals surface area contributed by atoms with E-state index >= 15 is 0 Å². The predicted octanol–water partition coefficient (Wildman–Crippen LogP) is 3.82. The van der Waals surface area contributed by atoms with Crippen molar-refractivity contribution in [3.63, 3.8) is 0 Å². The second-order valence-electron chi connectivity index (χ2n) is 5.65. The first-order chi connectivity index (χ1) is 9.83. The molecule has 1 aromatic rings. The first kappa shape index (κ1) is 17.0. The van der Waals surface area contributed by atoms with Crippen LogP contribution in [0.25, 0.3) is 0 Å². The molecule has 116 valence electrons. The summed E-state index contributed by atoms with van der Waals surface area (Å²) in [5, 5.41) is 9.99. The third-order valence-corrected chi connectivity index (χ3v) is 2.52. The summed E-state index contributed by atoms with van der Waals surface area (Å²) in [4.78, 5) is 17.7. The second-order valence-corrected chi connectivity index (χ2v) is 5.65. The maximum absolute atomic E-state index is 12.2. The predicted molar refractivity (Wildman–Crippen MR) is 80.5 cm³/mol. The molecule has 0 aliphatic heterocycles. The zero-order chi connectivity index (χ0) is 15.9. The molecule has 1 N–H and O–H groups in total. The smallest absolute Gasteiger partial charge is 0.435 e. The number of hydrogen-bond acceptors (Lipinski definition) is 4. The maximum atomic E-state index is 12.2. The lowest BCUT2D eigenvalue weighted by Gasteiger charge is -2.29. The Morgan fingerprint density at radius 2 is 1.95 bits per heavy atom. The van der Waals surface area contributed by atoms with Crippen LogP contribution in [0.15, 0.2) is 42.7 Å². The van der Waals surface area contributed by atoms with Gasteiger partial charge in [0.15, 0.2) is 0 Å². The molecule has 0 bridgehead atoms. The van der Waals surface area contributed by atoms with Crippen molar-refractivity contribution in [2.24, 2.45) is 0 Å². The minimum atomic E-state index is -0.617. The Morgan fingerprint density at radius 1 is 1.33 bits per heavy atom. The molecule has 0 fully saturated rings. The Morgan fingerprint density at radius 3 is 2.48 bits per heavy atom. The van der Waals surface area contributed by atoms with E-state index in [1.54, 1.807) is 27.7 Å². The number of hydroxylamine groups is 2. The third-order valence-electron chi connectivity index (χ3n) is 2.52. The molecule has 0 aliphatic carbocycles. The molecule has 21 heavy (non-hydrogen) atoms. The molecule has 0 spiro atoms. The van der Waals surface area contributed by atoms with Gasteiger partial charge in [0.1, 0.15) is 12.2 Å². The van der Waals surface area contributed by atoms with Gasteiger partial charge in [0.05, 0.1) is 12.3 Å². The van der Waals surface area contributed by atoms with Gasteiger partial charge in [-0.1, -0.05) is 30.3 Å². The van der Waals surface area contributed by atoms with Gasteiger partial charge in [-0.05, 0) is 39.3 Å². The van der Waals surface area contributed by atoms with Gasteiger partial charge in [0, 0.05) is 0 Å². The quantitative estimate of drug-likeness (QED) is 0.662. The number of ether oxygens (including phenoxy) is 1. The van der Waals surface area contributed by atoms with E-state index in [0.29, 0.717) is 0 Å². The zero-order valence-corrected chi connectivity index (χ0v) is 12.9. The van der Waals surface area contributed by atoms with Crippen LogP contribution in [0.2, 0.25) is 0 Å². The van der Waals surface area contributed by atoms with Crippen LogP contribution in [0, 0.1) is 0 Å². The lowest BCUT2D eigenvalue weighted by Crippen LogP contribution is -2.41. The topological polar surface area (TPSA) is 59.0 Å². The van der Waals surface area contributed by atoms with Crippen LogP contribution >= 0.6 is 0 Å². The molecule has 1 rings (SSSR count). The number of hydrogen-bond donors (Lipinski definition) is 1. The van der Waals surface area contributed by atoms with Crippen molar-refractivity contribution in [1.82, 2.24) is 5.06 Å². The Kier molecular flexibility index (Phi) is 6.24. The summed E-state index contributed by atoms with van der Waals surface area (Å²) in [6.07, 6.45) is 1.73. The van der Waals surface area contributed by atoms with Gasteiger partial charge in [-0.15, -0.1) is 0 Å². The summed E-state index contributed by atoms with van der Waals surface area (Å²) in [6.45, 7) is 7.32. The second kappa shape index (κ2) is 7.69. The molecule has 0 saturated carbocycles. The summed E-state index contributed by atoms with van der Waals surface area (Å²) in [5.74, 6) is 0. The molecule has 0 unspecified atom stereocenters. The van der Waals surface area contributed by atoms with E-state index in [9.17, 15) is 4.79 Å². The van der Waals surface area contributed by atoms with Crippen molar-refractivity contribution < 1.29 is 19.5 Å². The SMILES string of the molecule is C[C@H](C=CO)N(OCc1ccccc1)C(=O)OC(C)(C)C. The number of carbonyl (C=O) groups excluding carboxylic acids is 1. The van der Waals surface area contributed by atoms with E-state index in [0.717, 1.165) is 16.9 Å².